The number of thiophene rings is 1. The largest absolute Gasteiger partial charge is 0.484 e. The van der Waals surface area contributed by atoms with Crippen LogP contribution < -0.4 is 4.74 Å². The second-order valence-electron chi connectivity index (χ2n) is 5.20. The van der Waals surface area contributed by atoms with Crippen LogP contribution in [0.25, 0.3) is 0 Å². The normalized spacial score (nSPS) is 10.5. The molecule has 2 aromatic heterocycles. The summed E-state index contributed by atoms with van der Waals surface area (Å²) in [5.41, 5.74) is 0.950. The maximum Gasteiger partial charge on any atom is 0.261 e. The maximum absolute atomic E-state index is 12.6. The van der Waals surface area contributed by atoms with Gasteiger partial charge in [0.1, 0.15) is 5.75 Å². The van der Waals surface area contributed by atoms with E-state index in [1.807, 2.05) is 23.6 Å². The molecule has 6 heteroatoms. The third-order valence-electron chi connectivity index (χ3n) is 3.41. The maximum atomic E-state index is 12.6. The minimum Gasteiger partial charge on any atom is -0.484 e. The van der Waals surface area contributed by atoms with Crippen LogP contribution in [0.2, 0.25) is 5.02 Å². The summed E-state index contributed by atoms with van der Waals surface area (Å²) in [4.78, 5) is 15.5. The van der Waals surface area contributed by atoms with Gasteiger partial charge in [-0.05, 0) is 41.8 Å². The average molecular weight is 362 g/mol. The van der Waals surface area contributed by atoms with Crippen LogP contribution in [0.5, 0.6) is 5.75 Å². The molecule has 124 valence electrons. The lowest BCUT2D eigenvalue weighted by Gasteiger charge is -2.21. The number of carbonyl (C=O) groups is 1. The highest BCUT2D eigenvalue weighted by molar-refractivity contribution is 7.09. The van der Waals surface area contributed by atoms with Crippen LogP contribution in [0.3, 0.4) is 0 Å². The molecular formula is C18H16ClNO3S. The number of nitrogens with zero attached hydrogens (tertiary/aromatic N) is 1. The lowest BCUT2D eigenvalue weighted by molar-refractivity contribution is -0.134. The molecule has 0 radical (unpaired) electrons. The minimum absolute atomic E-state index is 0.0230. The van der Waals surface area contributed by atoms with E-state index in [2.05, 4.69) is 0 Å². The van der Waals surface area contributed by atoms with Crippen LogP contribution in [-0.4, -0.2) is 17.4 Å². The van der Waals surface area contributed by atoms with E-state index < -0.39 is 0 Å². The van der Waals surface area contributed by atoms with Crippen molar-refractivity contribution < 1.29 is 13.9 Å². The first kappa shape index (κ1) is 16.6. The first-order chi connectivity index (χ1) is 11.7. The van der Waals surface area contributed by atoms with Crippen LogP contribution in [0, 0.1) is 0 Å². The van der Waals surface area contributed by atoms with Crippen LogP contribution in [-0.2, 0) is 17.9 Å². The number of benzene rings is 1. The first-order valence-corrected chi connectivity index (χ1v) is 8.66. The van der Waals surface area contributed by atoms with Gasteiger partial charge in [-0.2, -0.15) is 0 Å². The molecule has 0 bridgehead atoms. The van der Waals surface area contributed by atoms with Crippen molar-refractivity contribution in [1.29, 1.82) is 0 Å². The van der Waals surface area contributed by atoms with Gasteiger partial charge in [-0.15, -0.1) is 11.3 Å². The fourth-order valence-electron chi connectivity index (χ4n) is 2.19. The van der Waals surface area contributed by atoms with Gasteiger partial charge in [-0.3, -0.25) is 4.79 Å². The predicted molar refractivity (Wildman–Crippen MR) is 94.2 cm³/mol. The van der Waals surface area contributed by atoms with Gasteiger partial charge in [-0.25, -0.2) is 0 Å². The van der Waals surface area contributed by atoms with Crippen molar-refractivity contribution in [2.45, 2.75) is 13.1 Å². The Morgan fingerprint density at radius 1 is 1.17 bits per heavy atom. The van der Waals surface area contributed by atoms with Gasteiger partial charge < -0.3 is 14.1 Å². The Kier molecular flexibility index (Phi) is 5.56. The van der Waals surface area contributed by atoms with E-state index in [0.717, 1.165) is 10.4 Å². The van der Waals surface area contributed by atoms with E-state index >= 15 is 0 Å². The second-order valence-corrected chi connectivity index (χ2v) is 6.67. The van der Waals surface area contributed by atoms with E-state index in [1.165, 1.54) is 0 Å². The highest BCUT2D eigenvalue weighted by atomic mass is 35.5. The van der Waals surface area contributed by atoms with E-state index in [1.54, 1.807) is 53.0 Å². The van der Waals surface area contributed by atoms with Crippen molar-refractivity contribution in [1.82, 2.24) is 4.90 Å². The number of carbonyl (C=O) groups excluding carboxylic acids is 1. The second kappa shape index (κ2) is 8.04. The van der Waals surface area contributed by atoms with Crippen molar-refractivity contribution in [3.63, 3.8) is 0 Å². The Morgan fingerprint density at radius 3 is 2.67 bits per heavy atom. The molecule has 3 aromatic rings. The Labute approximate surface area is 149 Å². The van der Waals surface area contributed by atoms with E-state index in [0.29, 0.717) is 23.9 Å². The van der Waals surface area contributed by atoms with Crippen molar-refractivity contribution in [3.05, 3.63) is 75.8 Å². The summed E-state index contributed by atoms with van der Waals surface area (Å²) in [6.45, 7) is 1.01. The lowest BCUT2D eigenvalue weighted by atomic mass is 10.3. The predicted octanol–water partition coefficient (Wildman–Crippen LogP) is 4.60. The molecule has 0 N–H and O–H groups in total. The molecule has 0 unspecified atom stereocenters. The SMILES string of the molecule is O=C(COc1ccc(Cl)cc1)N(Cc1ccoc1)Cc1cccs1. The van der Waals surface area contributed by atoms with Crippen molar-refractivity contribution in [3.8, 4) is 5.75 Å². The molecule has 0 aliphatic heterocycles. The fraction of sp³-hybridized carbons (Fsp3) is 0.167. The average Bonchev–Trinajstić information content (AvgIpc) is 3.27. The topological polar surface area (TPSA) is 42.7 Å². The number of hydrogen-bond donors (Lipinski definition) is 0. The van der Waals surface area contributed by atoms with Crippen LogP contribution in [0.4, 0.5) is 0 Å². The molecule has 0 fully saturated rings. The molecular weight excluding hydrogens is 346 g/mol. The Morgan fingerprint density at radius 2 is 2.00 bits per heavy atom. The van der Waals surface area contributed by atoms with E-state index in [4.69, 9.17) is 20.8 Å². The highest BCUT2D eigenvalue weighted by Gasteiger charge is 2.16. The summed E-state index contributed by atoms with van der Waals surface area (Å²) in [7, 11) is 0. The highest BCUT2D eigenvalue weighted by Crippen LogP contribution is 2.17. The standard InChI is InChI=1S/C18H16ClNO3S/c19-15-3-5-16(6-4-15)23-13-18(21)20(10-14-7-8-22-12-14)11-17-2-1-9-24-17/h1-9,12H,10-11,13H2. The fourth-order valence-corrected chi connectivity index (χ4v) is 3.04. The smallest absolute Gasteiger partial charge is 0.261 e. The third kappa shape index (κ3) is 4.63. The zero-order valence-electron chi connectivity index (χ0n) is 12.9. The molecule has 1 amide bonds. The molecule has 2 heterocycles. The Balaban J connectivity index is 1.64. The van der Waals surface area contributed by atoms with Crippen molar-refractivity contribution in [2.75, 3.05) is 6.61 Å². The van der Waals surface area contributed by atoms with Crippen LogP contribution >= 0.6 is 22.9 Å². The van der Waals surface area contributed by atoms with E-state index in [9.17, 15) is 4.79 Å². The molecule has 24 heavy (non-hydrogen) atoms. The van der Waals surface area contributed by atoms with Gasteiger partial charge in [0.2, 0.25) is 0 Å². The van der Waals surface area contributed by atoms with Gasteiger partial charge in [0.25, 0.3) is 5.91 Å². The molecule has 4 nitrogen and oxygen atoms in total. The van der Waals surface area contributed by atoms with Gasteiger partial charge >= 0.3 is 0 Å². The number of ether oxygens (including phenoxy) is 1. The van der Waals surface area contributed by atoms with Gasteiger partial charge in [-0.1, -0.05) is 17.7 Å². The Hall–Kier alpha value is -2.24. The summed E-state index contributed by atoms with van der Waals surface area (Å²) in [6, 6.07) is 12.8. The Bertz CT molecular complexity index is 718. The van der Waals surface area contributed by atoms with Gasteiger partial charge in [0, 0.05) is 22.0 Å². The number of furan rings is 1. The summed E-state index contributed by atoms with van der Waals surface area (Å²) < 4.78 is 10.7. The molecule has 0 atom stereocenters. The molecule has 0 spiro atoms. The first-order valence-electron chi connectivity index (χ1n) is 7.40. The molecule has 0 aliphatic rings. The molecule has 0 aliphatic carbocycles. The molecule has 3 rings (SSSR count). The number of hydrogen-bond acceptors (Lipinski definition) is 4. The third-order valence-corrected chi connectivity index (χ3v) is 4.52. The van der Waals surface area contributed by atoms with E-state index in [-0.39, 0.29) is 12.5 Å². The zero-order chi connectivity index (χ0) is 16.8. The van der Waals surface area contributed by atoms with Gasteiger partial charge in [0.15, 0.2) is 6.61 Å². The number of halogens is 1. The molecule has 1 aromatic carbocycles. The summed E-state index contributed by atoms with van der Waals surface area (Å²) in [5, 5.41) is 2.63. The zero-order valence-corrected chi connectivity index (χ0v) is 14.4. The van der Waals surface area contributed by atoms with Crippen molar-refractivity contribution >= 4 is 28.8 Å². The summed E-state index contributed by atoms with van der Waals surface area (Å²) in [5.74, 6) is 0.534. The monoisotopic (exact) mass is 361 g/mol. The number of rotatable bonds is 7. The quantitative estimate of drug-likeness (QED) is 0.617. The van der Waals surface area contributed by atoms with Crippen LogP contribution in [0.15, 0.2) is 64.8 Å². The molecule has 0 saturated heterocycles. The van der Waals surface area contributed by atoms with Crippen molar-refractivity contribution in [2.24, 2.45) is 0 Å². The van der Waals surface area contributed by atoms with Crippen LogP contribution in [0.1, 0.15) is 10.4 Å². The minimum atomic E-state index is -0.0837. The van der Waals surface area contributed by atoms with Gasteiger partial charge in [0.05, 0.1) is 19.1 Å². The number of amides is 1. The molecule has 0 saturated carbocycles. The summed E-state index contributed by atoms with van der Waals surface area (Å²) in [6.07, 6.45) is 3.25. The summed E-state index contributed by atoms with van der Waals surface area (Å²) >= 11 is 7.47. The lowest BCUT2D eigenvalue weighted by Crippen LogP contribution is -2.33.